The third kappa shape index (κ3) is 0.522. The average molecular weight is 89.1 g/mol. The fourth-order valence-electron chi connectivity index (χ4n) is 0.280. The minimum atomic E-state index is -1.26. The maximum atomic E-state index is 11.9. The van der Waals surface area contributed by atoms with Gasteiger partial charge in [-0.3, -0.25) is 0 Å². The van der Waals surface area contributed by atoms with Gasteiger partial charge in [0, 0.05) is 0 Å². The second kappa shape index (κ2) is 0.936. The van der Waals surface area contributed by atoms with Gasteiger partial charge < -0.3 is 0 Å². The van der Waals surface area contributed by atoms with Crippen LogP contribution in [0.1, 0.15) is 12.8 Å². The van der Waals surface area contributed by atoms with Crippen LogP contribution in [0.4, 0.5) is 4.39 Å². The van der Waals surface area contributed by atoms with Gasteiger partial charge in [-0.15, -0.1) is 0 Å². The molecule has 0 saturated heterocycles. The predicted molar refractivity (Wildman–Crippen MR) is 18.6 cm³/mol. The van der Waals surface area contributed by atoms with Crippen LogP contribution >= 0.6 is 0 Å². The summed E-state index contributed by atoms with van der Waals surface area (Å²) in [5.41, 5.74) is -1.26. The highest BCUT2D eigenvalue weighted by Crippen LogP contribution is 2.38. The third-order valence-corrected chi connectivity index (χ3v) is 1.05. The number of hydrogen-bond donors (Lipinski definition) is 0. The minimum absolute atomic E-state index is 0.497. The van der Waals surface area contributed by atoms with E-state index >= 15 is 0 Å². The van der Waals surface area contributed by atoms with Crippen molar-refractivity contribution in [1.82, 2.24) is 0 Å². The van der Waals surface area contributed by atoms with E-state index in [2.05, 4.69) is 0 Å². The second-order valence-electron chi connectivity index (χ2n) is 1.80. The highest BCUT2D eigenvalue weighted by Gasteiger charge is 2.42. The molecule has 1 aliphatic carbocycles. The molecule has 0 heterocycles. The molecule has 0 bridgehead atoms. The molecule has 0 aliphatic heterocycles. The highest BCUT2D eigenvalue weighted by atomic mass is 19.1. The number of hydrogen-bond acceptors (Lipinski definition) is 0. The lowest BCUT2D eigenvalue weighted by Gasteiger charge is -1.88. The standard InChI is InChI=1S/C4H6FO/c5-4(3-6)1-2-4/h1-3H2. The van der Waals surface area contributed by atoms with E-state index in [0.717, 1.165) is 0 Å². The van der Waals surface area contributed by atoms with Crippen molar-refractivity contribution >= 4 is 0 Å². The summed E-state index contributed by atoms with van der Waals surface area (Å²) in [5.74, 6) is 0. The summed E-state index contributed by atoms with van der Waals surface area (Å²) in [7, 11) is 0. The van der Waals surface area contributed by atoms with E-state index < -0.39 is 12.3 Å². The van der Waals surface area contributed by atoms with E-state index in [9.17, 15) is 9.50 Å². The van der Waals surface area contributed by atoms with Crippen LogP contribution < -0.4 is 0 Å². The first-order valence-electron chi connectivity index (χ1n) is 2.04. The van der Waals surface area contributed by atoms with Crippen molar-refractivity contribution in [1.29, 1.82) is 0 Å². The average Bonchev–Trinajstić information content (AvgIpc) is 2.22. The molecule has 2 heteroatoms. The number of rotatable bonds is 1. The molecule has 1 fully saturated rings. The minimum Gasteiger partial charge on any atom is -0.241 e. The maximum Gasteiger partial charge on any atom is 0.137 e. The Morgan fingerprint density at radius 1 is 1.67 bits per heavy atom. The molecule has 0 atom stereocenters. The zero-order valence-corrected chi connectivity index (χ0v) is 3.41. The van der Waals surface area contributed by atoms with Crippen molar-refractivity contribution in [3.63, 3.8) is 0 Å². The molecule has 0 spiro atoms. The van der Waals surface area contributed by atoms with Gasteiger partial charge in [0.15, 0.2) is 0 Å². The molecular formula is C4H6FO. The summed E-state index contributed by atoms with van der Waals surface area (Å²) in [6.45, 7) is -0.535. The quantitative estimate of drug-likeness (QED) is 0.455. The van der Waals surface area contributed by atoms with Gasteiger partial charge in [0.1, 0.15) is 12.3 Å². The summed E-state index contributed by atoms with van der Waals surface area (Å²) >= 11 is 0. The second-order valence-corrected chi connectivity index (χ2v) is 1.80. The van der Waals surface area contributed by atoms with Crippen molar-refractivity contribution in [2.45, 2.75) is 18.5 Å². The van der Waals surface area contributed by atoms with E-state index in [1.54, 1.807) is 0 Å². The molecule has 35 valence electrons. The molecule has 0 N–H and O–H groups in total. The summed E-state index contributed by atoms with van der Waals surface area (Å²) in [4.78, 5) is 0. The molecule has 1 nitrogen and oxygen atoms in total. The first-order chi connectivity index (χ1) is 2.77. The zero-order chi connectivity index (χ0) is 4.62. The Hall–Kier alpha value is -0.110. The number of halogens is 1. The van der Waals surface area contributed by atoms with Crippen molar-refractivity contribution in [3.8, 4) is 0 Å². The van der Waals surface area contributed by atoms with E-state index in [1.165, 1.54) is 0 Å². The van der Waals surface area contributed by atoms with E-state index in [0.29, 0.717) is 12.8 Å². The summed E-state index contributed by atoms with van der Waals surface area (Å²) in [6, 6.07) is 0. The van der Waals surface area contributed by atoms with Crippen LogP contribution in [0.2, 0.25) is 0 Å². The maximum absolute atomic E-state index is 11.9. The Bertz CT molecular complexity index is 58.6. The fourth-order valence-corrected chi connectivity index (χ4v) is 0.280. The molecule has 0 aromatic rings. The lowest BCUT2D eigenvalue weighted by Crippen LogP contribution is -2.02. The van der Waals surface area contributed by atoms with Crippen LogP contribution in [0.5, 0.6) is 0 Å². The molecule has 1 rings (SSSR count). The largest absolute Gasteiger partial charge is 0.241 e. The molecule has 1 aliphatic rings. The lowest BCUT2D eigenvalue weighted by molar-refractivity contribution is 0.0998. The lowest BCUT2D eigenvalue weighted by atomic mass is 10.4. The van der Waals surface area contributed by atoms with Crippen LogP contribution in [0.15, 0.2) is 0 Å². The molecule has 6 heavy (non-hydrogen) atoms. The van der Waals surface area contributed by atoms with Crippen LogP contribution in [0.3, 0.4) is 0 Å². The summed E-state index contributed by atoms with van der Waals surface area (Å²) in [6.07, 6.45) is 0.993. The van der Waals surface area contributed by atoms with Crippen LogP contribution in [-0.2, 0) is 5.11 Å². The van der Waals surface area contributed by atoms with Gasteiger partial charge in [-0.05, 0) is 12.8 Å². The van der Waals surface area contributed by atoms with Crippen LogP contribution in [-0.4, -0.2) is 12.3 Å². The van der Waals surface area contributed by atoms with E-state index in [4.69, 9.17) is 0 Å². The van der Waals surface area contributed by atoms with E-state index in [1.807, 2.05) is 0 Å². The normalized spacial score (nSPS) is 27.0. The van der Waals surface area contributed by atoms with Gasteiger partial charge in [0.25, 0.3) is 0 Å². The van der Waals surface area contributed by atoms with Gasteiger partial charge in [0.2, 0.25) is 0 Å². The van der Waals surface area contributed by atoms with Crippen molar-refractivity contribution in [3.05, 3.63) is 0 Å². The molecule has 0 aromatic carbocycles. The van der Waals surface area contributed by atoms with Gasteiger partial charge in [-0.25, -0.2) is 9.50 Å². The van der Waals surface area contributed by atoms with Gasteiger partial charge in [-0.2, -0.15) is 0 Å². The molecular weight excluding hydrogens is 83.0 g/mol. The Labute approximate surface area is 35.8 Å². The Balaban J connectivity index is 2.28. The first-order valence-corrected chi connectivity index (χ1v) is 2.04. The fraction of sp³-hybridized carbons (Fsp3) is 1.00. The summed E-state index contributed by atoms with van der Waals surface area (Å²) in [5, 5.41) is 9.64. The predicted octanol–water partition coefficient (Wildman–Crippen LogP) is 0.919. The van der Waals surface area contributed by atoms with Crippen molar-refractivity contribution < 1.29 is 9.50 Å². The molecule has 1 saturated carbocycles. The molecule has 1 radical (unpaired) electrons. The van der Waals surface area contributed by atoms with Gasteiger partial charge >= 0.3 is 0 Å². The molecule has 0 aromatic heterocycles. The van der Waals surface area contributed by atoms with Gasteiger partial charge in [-0.1, -0.05) is 0 Å². The topological polar surface area (TPSA) is 19.9 Å². The molecule has 0 unspecified atom stereocenters. The Morgan fingerprint density at radius 2 is 2.17 bits per heavy atom. The Morgan fingerprint density at radius 3 is 2.17 bits per heavy atom. The SMILES string of the molecule is [O]CC1(F)CC1. The van der Waals surface area contributed by atoms with Gasteiger partial charge in [0.05, 0.1) is 0 Å². The zero-order valence-electron chi connectivity index (χ0n) is 3.41. The molecule has 0 amide bonds. The van der Waals surface area contributed by atoms with Crippen molar-refractivity contribution in [2.75, 3.05) is 6.61 Å². The summed E-state index contributed by atoms with van der Waals surface area (Å²) < 4.78 is 11.9. The Kier molecular flexibility index (Phi) is 0.634. The number of alkyl halides is 1. The third-order valence-electron chi connectivity index (χ3n) is 1.05. The van der Waals surface area contributed by atoms with Crippen LogP contribution in [0, 0.1) is 0 Å². The monoisotopic (exact) mass is 89.0 g/mol. The van der Waals surface area contributed by atoms with Crippen molar-refractivity contribution in [2.24, 2.45) is 0 Å². The van der Waals surface area contributed by atoms with Crippen LogP contribution in [0.25, 0.3) is 0 Å². The van der Waals surface area contributed by atoms with E-state index in [-0.39, 0.29) is 0 Å². The highest BCUT2D eigenvalue weighted by molar-refractivity contribution is 4.92. The first kappa shape index (κ1) is 4.06. The smallest absolute Gasteiger partial charge is 0.137 e.